The van der Waals surface area contributed by atoms with Gasteiger partial charge < -0.3 is 10.2 Å². The molecule has 2 aliphatic rings. The van der Waals surface area contributed by atoms with Gasteiger partial charge in [0.1, 0.15) is 0 Å². The first-order valence-electron chi connectivity index (χ1n) is 8.01. The van der Waals surface area contributed by atoms with Gasteiger partial charge in [0.05, 0.1) is 15.5 Å². The van der Waals surface area contributed by atoms with Crippen molar-refractivity contribution in [2.24, 2.45) is 5.92 Å². The first kappa shape index (κ1) is 16.2. The molecule has 7 heteroatoms. The van der Waals surface area contributed by atoms with E-state index < -0.39 is 4.92 Å². The van der Waals surface area contributed by atoms with Gasteiger partial charge in [-0.3, -0.25) is 14.9 Å². The van der Waals surface area contributed by atoms with Crippen LogP contribution >= 0.6 is 11.6 Å². The maximum atomic E-state index is 12.5. The summed E-state index contributed by atoms with van der Waals surface area (Å²) in [7, 11) is 0. The summed E-state index contributed by atoms with van der Waals surface area (Å²) < 4.78 is 0. The summed E-state index contributed by atoms with van der Waals surface area (Å²) in [6.45, 7) is 2.47. The summed E-state index contributed by atoms with van der Waals surface area (Å²) in [5, 5.41) is 14.4. The minimum absolute atomic E-state index is 0.102. The number of halogens is 1. The Bertz CT molecular complexity index is 611. The Morgan fingerprint density at radius 2 is 2.00 bits per heavy atom. The maximum absolute atomic E-state index is 12.5. The van der Waals surface area contributed by atoms with Crippen LogP contribution in [0.1, 0.15) is 36.0 Å². The Morgan fingerprint density at radius 3 is 2.57 bits per heavy atom. The van der Waals surface area contributed by atoms with Crippen LogP contribution in [0.15, 0.2) is 18.2 Å². The zero-order chi connectivity index (χ0) is 16.4. The molecular formula is C16H20ClN3O3. The number of nitrogens with one attached hydrogen (secondary N) is 1. The number of hydrogen-bond donors (Lipinski definition) is 1. The number of hydrogen-bond acceptors (Lipinski definition) is 4. The highest BCUT2D eigenvalue weighted by Gasteiger charge is 2.27. The number of carbonyl (C=O) groups is 1. The van der Waals surface area contributed by atoms with E-state index in [-0.39, 0.29) is 16.6 Å². The van der Waals surface area contributed by atoms with E-state index in [1.54, 1.807) is 4.90 Å². The van der Waals surface area contributed by atoms with E-state index in [1.165, 1.54) is 31.0 Å². The van der Waals surface area contributed by atoms with Crippen molar-refractivity contribution >= 4 is 23.2 Å². The number of nitro groups is 1. The number of likely N-dealkylation sites (tertiary alicyclic amines) is 1. The van der Waals surface area contributed by atoms with Crippen LogP contribution in [0.25, 0.3) is 0 Å². The lowest BCUT2D eigenvalue weighted by Gasteiger charge is -2.32. The summed E-state index contributed by atoms with van der Waals surface area (Å²) in [5.74, 6) is 0.708. The number of non-ortho nitro benzene ring substituents is 1. The van der Waals surface area contributed by atoms with Gasteiger partial charge in [-0.15, -0.1) is 0 Å². The molecule has 1 saturated carbocycles. The number of carbonyl (C=O) groups excluding carboxylic acids is 1. The summed E-state index contributed by atoms with van der Waals surface area (Å²) in [6, 6.07) is 4.48. The molecule has 1 heterocycles. The molecule has 0 aromatic heterocycles. The highest BCUT2D eigenvalue weighted by molar-refractivity contribution is 6.34. The minimum Gasteiger partial charge on any atom is -0.338 e. The molecule has 0 bridgehead atoms. The fraction of sp³-hybridized carbons (Fsp3) is 0.562. The molecule has 1 amide bonds. The molecule has 1 aromatic carbocycles. The molecule has 1 aromatic rings. The largest absolute Gasteiger partial charge is 0.338 e. The Labute approximate surface area is 139 Å². The number of amides is 1. The lowest BCUT2D eigenvalue weighted by Crippen LogP contribution is -2.45. The van der Waals surface area contributed by atoms with Gasteiger partial charge in [0.15, 0.2) is 0 Å². The van der Waals surface area contributed by atoms with Gasteiger partial charge in [-0.2, -0.15) is 0 Å². The second kappa shape index (κ2) is 6.84. The van der Waals surface area contributed by atoms with E-state index in [4.69, 9.17) is 11.6 Å². The van der Waals surface area contributed by atoms with Gasteiger partial charge in [-0.05, 0) is 44.2 Å². The molecule has 1 aliphatic heterocycles. The van der Waals surface area contributed by atoms with E-state index in [0.29, 0.717) is 24.7 Å². The van der Waals surface area contributed by atoms with Gasteiger partial charge in [-0.1, -0.05) is 11.6 Å². The number of nitro benzene ring substituents is 1. The van der Waals surface area contributed by atoms with Gasteiger partial charge >= 0.3 is 0 Å². The van der Waals surface area contributed by atoms with E-state index in [2.05, 4.69) is 5.32 Å². The van der Waals surface area contributed by atoms with Crippen LogP contribution in [0.3, 0.4) is 0 Å². The molecule has 0 unspecified atom stereocenters. The van der Waals surface area contributed by atoms with Gasteiger partial charge in [0.2, 0.25) is 0 Å². The summed E-state index contributed by atoms with van der Waals surface area (Å²) >= 11 is 6.04. The first-order valence-corrected chi connectivity index (χ1v) is 8.39. The van der Waals surface area contributed by atoms with Crippen LogP contribution in [-0.4, -0.2) is 41.4 Å². The maximum Gasteiger partial charge on any atom is 0.270 e. The Balaban J connectivity index is 1.57. The Morgan fingerprint density at radius 1 is 1.30 bits per heavy atom. The number of piperidine rings is 1. The predicted octanol–water partition coefficient (Wildman–Crippen LogP) is 2.85. The molecule has 6 nitrogen and oxygen atoms in total. The van der Waals surface area contributed by atoms with Crippen molar-refractivity contribution in [3.05, 3.63) is 38.9 Å². The zero-order valence-electron chi connectivity index (χ0n) is 12.8. The third kappa shape index (κ3) is 4.00. The van der Waals surface area contributed by atoms with Crippen molar-refractivity contribution in [2.45, 2.75) is 31.7 Å². The standard InChI is InChI=1S/C16H20ClN3O3/c17-15-9-13(20(22)23)3-4-14(15)16(21)19-7-5-12(6-8-19)18-10-11-1-2-11/h3-4,9,11-12,18H,1-2,5-8,10H2. The molecule has 0 spiro atoms. The molecule has 2 fully saturated rings. The second-order valence-electron chi connectivity index (χ2n) is 6.34. The van der Waals surface area contributed by atoms with E-state index in [9.17, 15) is 14.9 Å². The monoisotopic (exact) mass is 337 g/mol. The third-order valence-electron chi connectivity index (χ3n) is 4.57. The van der Waals surface area contributed by atoms with E-state index >= 15 is 0 Å². The fourth-order valence-corrected chi connectivity index (χ4v) is 3.16. The van der Waals surface area contributed by atoms with Crippen molar-refractivity contribution in [2.75, 3.05) is 19.6 Å². The molecule has 1 saturated heterocycles. The molecule has 3 rings (SSSR count). The molecule has 0 atom stereocenters. The lowest BCUT2D eigenvalue weighted by atomic mass is 10.0. The molecular weight excluding hydrogens is 318 g/mol. The lowest BCUT2D eigenvalue weighted by molar-refractivity contribution is -0.384. The number of rotatable bonds is 5. The SMILES string of the molecule is O=C(c1ccc([N+](=O)[O-])cc1Cl)N1CCC(NCC2CC2)CC1. The van der Waals surface area contributed by atoms with Gasteiger partial charge in [-0.25, -0.2) is 0 Å². The Hall–Kier alpha value is -1.66. The minimum atomic E-state index is -0.517. The van der Waals surface area contributed by atoms with Crippen LogP contribution in [0.2, 0.25) is 5.02 Å². The normalized spacial score (nSPS) is 18.9. The highest BCUT2D eigenvalue weighted by atomic mass is 35.5. The predicted molar refractivity (Wildman–Crippen MR) is 87.8 cm³/mol. The van der Waals surface area contributed by atoms with Crippen LogP contribution in [0, 0.1) is 16.0 Å². The van der Waals surface area contributed by atoms with Crippen molar-refractivity contribution in [3.63, 3.8) is 0 Å². The quantitative estimate of drug-likeness (QED) is 0.662. The van der Waals surface area contributed by atoms with E-state index in [0.717, 1.165) is 25.3 Å². The van der Waals surface area contributed by atoms with E-state index in [1.807, 2.05) is 0 Å². The van der Waals surface area contributed by atoms with Crippen LogP contribution in [0.5, 0.6) is 0 Å². The molecule has 23 heavy (non-hydrogen) atoms. The summed E-state index contributed by atoms with van der Waals surface area (Å²) in [5.41, 5.74) is 0.233. The molecule has 0 radical (unpaired) electrons. The highest BCUT2D eigenvalue weighted by Crippen LogP contribution is 2.28. The third-order valence-corrected chi connectivity index (χ3v) is 4.88. The average Bonchev–Trinajstić information content (AvgIpc) is 3.37. The van der Waals surface area contributed by atoms with Crippen molar-refractivity contribution in [3.8, 4) is 0 Å². The average molecular weight is 338 g/mol. The van der Waals surface area contributed by atoms with Crippen molar-refractivity contribution in [1.82, 2.24) is 10.2 Å². The Kier molecular flexibility index (Phi) is 4.82. The van der Waals surface area contributed by atoms with Gasteiger partial charge in [0, 0.05) is 31.3 Å². The number of benzene rings is 1. The zero-order valence-corrected chi connectivity index (χ0v) is 13.6. The smallest absolute Gasteiger partial charge is 0.270 e. The molecule has 1 aliphatic carbocycles. The summed E-state index contributed by atoms with van der Waals surface area (Å²) in [6.07, 6.45) is 4.54. The topological polar surface area (TPSA) is 75.5 Å². The summed E-state index contributed by atoms with van der Waals surface area (Å²) in [4.78, 5) is 24.5. The first-order chi connectivity index (χ1) is 11.0. The molecule has 1 N–H and O–H groups in total. The van der Waals surface area contributed by atoms with Crippen molar-refractivity contribution in [1.29, 1.82) is 0 Å². The van der Waals surface area contributed by atoms with Crippen LogP contribution < -0.4 is 5.32 Å². The fourth-order valence-electron chi connectivity index (χ4n) is 2.90. The second-order valence-corrected chi connectivity index (χ2v) is 6.75. The van der Waals surface area contributed by atoms with Crippen LogP contribution in [0.4, 0.5) is 5.69 Å². The van der Waals surface area contributed by atoms with Gasteiger partial charge in [0.25, 0.3) is 11.6 Å². The van der Waals surface area contributed by atoms with Crippen molar-refractivity contribution < 1.29 is 9.72 Å². The van der Waals surface area contributed by atoms with Crippen LogP contribution in [-0.2, 0) is 0 Å². The number of nitrogens with zero attached hydrogens (tertiary/aromatic N) is 2. The molecule has 124 valence electrons.